The average Bonchev–Trinajstić information content (AvgIpc) is 2.41. The summed E-state index contributed by atoms with van der Waals surface area (Å²) in [6.07, 6.45) is 3.38. The van der Waals surface area contributed by atoms with E-state index in [1.165, 1.54) is 27.7 Å². The summed E-state index contributed by atoms with van der Waals surface area (Å²) < 4.78 is 6.43. The number of hydrogen-bond donors (Lipinski definition) is 0. The smallest absolute Gasteiger partial charge is 0.0479 e. The highest BCUT2D eigenvalue weighted by molar-refractivity contribution is 9.10. The first kappa shape index (κ1) is 15.8. The van der Waals surface area contributed by atoms with Gasteiger partial charge in [0.25, 0.3) is 0 Å². The first-order valence-electron chi connectivity index (χ1n) is 7.56. The molecule has 3 heteroatoms. The normalized spacial score (nSPS) is 17.1. The SMILES string of the molecule is CCc1cc2c(cc1Br)N(CCCOC)CCC2(C)C. The Balaban J connectivity index is 2.34. The van der Waals surface area contributed by atoms with E-state index < -0.39 is 0 Å². The molecule has 0 aliphatic carbocycles. The number of rotatable bonds is 5. The molecule has 0 atom stereocenters. The van der Waals surface area contributed by atoms with Gasteiger partial charge in [-0.05, 0) is 41.9 Å². The Labute approximate surface area is 131 Å². The molecule has 0 spiro atoms. The number of ether oxygens (including phenoxy) is 1. The van der Waals surface area contributed by atoms with Gasteiger partial charge in [-0.25, -0.2) is 0 Å². The van der Waals surface area contributed by atoms with Crippen LogP contribution in [-0.2, 0) is 16.6 Å². The van der Waals surface area contributed by atoms with Crippen molar-refractivity contribution in [1.29, 1.82) is 0 Å². The van der Waals surface area contributed by atoms with E-state index in [0.717, 1.165) is 32.5 Å². The molecule has 0 bridgehead atoms. The highest BCUT2D eigenvalue weighted by Crippen LogP contribution is 2.42. The summed E-state index contributed by atoms with van der Waals surface area (Å²) in [5.74, 6) is 0. The van der Waals surface area contributed by atoms with Crippen LogP contribution in [0.2, 0.25) is 0 Å². The molecule has 0 aromatic heterocycles. The number of anilines is 1. The van der Waals surface area contributed by atoms with E-state index in [9.17, 15) is 0 Å². The maximum absolute atomic E-state index is 5.19. The van der Waals surface area contributed by atoms with Crippen LogP contribution in [0, 0.1) is 0 Å². The van der Waals surface area contributed by atoms with Crippen LogP contribution in [0.1, 0.15) is 44.7 Å². The van der Waals surface area contributed by atoms with Crippen LogP contribution < -0.4 is 4.90 Å². The molecule has 112 valence electrons. The number of methoxy groups -OCH3 is 1. The number of aryl methyl sites for hydroxylation is 1. The lowest BCUT2D eigenvalue weighted by Gasteiger charge is -2.41. The van der Waals surface area contributed by atoms with Gasteiger partial charge in [-0.3, -0.25) is 0 Å². The Morgan fingerprint density at radius 3 is 2.75 bits per heavy atom. The number of nitrogens with zero attached hydrogens (tertiary/aromatic N) is 1. The third-order valence-electron chi connectivity index (χ3n) is 4.40. The first-order valence-corrected chi connectivity index (χ1v) is 8.35. The largest absolute Gasteiger partial charge is 0.385 e. The van der Waals surface area contributed by atoms with E-state index in [-0.39, 0.29) is 5.41 Å². The fourth-order valence-electron chi connectivity index (χ4n) is 2.98. The molecule has 20 heavy (non-hydrogen) atoms. The molecule has 1 aromatic carbocycles. The predicted octanol–water partition coefficient (Wildman–Crippen LogP) is 4.54. The number of halogens is 1. The Bertz CT molecular complexity index is 470. The van der Waals surface area contributed by atoms with Gasteiger partial charge >= 0.3 is 0 Å². The monoisotopic (exact) mass is 339 g/mol. The number of benzene rings is 1. The average molecular weight is 340 g/mol. The Kier molecular flexibility index (Phi) is 5.14. The molecule has 0 fully saturated rings. The van der Waals surface area contributed by atoms with E-state index >= 15 is 0 Å². The summed E-state index contributed by atoms with van der Waals surface area (Å²) in [6.45, 7) is 10.0. The van der Waals surface area contributed by atoms with Crippen LogP contribution in [0.3, 0.4) is 0 Å². The molecule has 1 aliphatic heterocycles. The third-order valence-corrected chi connectivity index (χ3v) is 5.14. The molecule has 1 aromatic rings. The van der Waals surface area contributed by atoms with Crippen molar-refractivity contribution in [2.45, 2.75) is 45.4 Å². The van der Waals surface area contributed by atoms with E-state index in [0.29, 0.717) is 0 Å². The summed E-state index contributed by atoms with van der Waals surface area (Å²) >= 11 is 3.73. The summed E-state index contributed by atoms with van der Waals surface area (Å²) in [7, 11) is 1.78. The van der Waals surface area contributed by atoms with E-state index in [4.69, 9.17) is 4.74 Å². The molecular formula is C17H26BrNO. The fraction of sp³-hybridized carbons (Fsp3) is 0.647. The second-order valence-corrected chi connectivity index (χ2v) is 7.14. The van der Waals surface area contributed by atoms with Crippen molar-refractivity contribution in [2.24, 2.45) is 0 Å². The van der Waals surface area contributed by atoms with Crippen molar-refractivity contribution in [2.75, 3.05) is 31.7 Å². The van der Waals surface area contributed by atoms with Gasteiger partial charge in [0.05, 0.1) is 0 Å². The maximum Gasteiger partial charge on any atom is 0.0479 e. The Morgan fingerprint density at radius 2 is 2.10 bits per heavy atom. The summed E-state index contributed by atoms with van der Waals surface area (Å²) in [4.78, 5) is 2.52. The molecule has 0 radical (unpaired) electrons. The van der Waals surface area contributed by atoms with Gasteiger partial charge in [-0.2, -0.15) is 0 Å². The fourth-order valence-corrected chi connectivity index (χ4v) is 3.60. The molecule has 2 rings (SSSR count). The molecule has 0 saturated carbocycles. The van der Waals surface area contributed by atoms with Gasteiger partial charge in [0.1, 0.15) is 0 Å². The van der Waals surface area contributed by atoms with Crippen molar-refractivity contribution in [3.05, 3.63) is 27.7 Å². The van der Waals surface area contributed by atoms with Gasteiger partial charge in [-0.15, -0.1) is 0 Å². The Hall–Kier alpha value is -0.540. The van der Waals surface area contributed by atoms with Crippen molar-refractivity contribution in [1.82, 2.24) is 0 Å². The lowest BCUT2D eigenvalue weighted by molar-refractivity contribution is 0.195. The van der Waals surface area contributed by atoms with E-state index in [1.807, 2.05) is 0 Å². The zero-order chi connectivity index (χ0) is 14.8. The van der Waals surface area contributed by atoms with Crippen LogP contribution in [0.4, 0.5) is 5.69 Å². The summed E-state index contributed by atoms with van der Waals surface area (Å²) in [6, 6.07) is 4.73. The van der Waals surface area contributed by atoms with Gasteiger partial charge in [-0.1, -0.05) is 42.8 Å². The second-order valence-electron chi connectivity index (χ2n) is 6.28. The number of hydrogen-bond acceptors (Lipinski definition) is 2. The van der Waals surface area contributed by atoms with Crippen molar-refractivity contribution >= 4 is 21.6 Å². The van der Waals surface area contributed by atoms with Crippen LogP contribution in [0.15, 0.2) is 16.6 Å². The van der Waals surface area contributed by atoms with Crippen LogP contribution in [-0.4, -0.2) is 26.8 Å². The van der Waals surface area contributed by atoms with E-state index in [1.54, 1.807) is 7.11 Å². The van der Waals surface area contributed by atoms with Gasteiger partial charge in [0, 0.05) is 37.0 Å². The molecule has 1 aliphatic rings. The molecule has 2 nitrogen and oxygen atoms in total. The zero-order valence-electron chi connectivity index (χ0n) is 13.1. The van der Waals surface area contributed by atoms with Crippen LogP contribution >= 0.6 is 15.9 Å². The molecule has 0 N–H and O–H groups in total. The van der Waals surface area contributed by atoms with Gasteiger partial charge in [0.2, 0.25) is 0 Å². The van der Waals surface area contributed by atoms with E-state index in [2.05, 4.69) is 53.7 Å². The standard InChI is InChI=1S/C17H26BrNO/c1-5-13-11-14-16(12-15(13)18)19(8-6-10-20-4)9-7-17(14,2)3/h11-12H,5-10H2,1-4H3. The lowest BCUT2D eigenvalue weighted by Crippen LogP contribution is -2.38. The summed E-state index contributed by atoms with van der Waals surface area (Å²) in [5.41, 5.74) is 4.59. The van der Waals surface area contributed by atoms with Crippen LogP contribution in [0.25, 0.3) is 0 Å². The molecular weight excluding hydrogens is 314 g/mol. The summed E-state index contributed by atoms with van der Waals surface area (Å²) in [5, 5.41) is 0. The maximum atomic E-state index is 5.19. The predicted molar refractivity (Wildman–Crippen MR) is 89.9 cm³/mol. The van der Waals surface area contributed by atoms with Crippen LogP contribution in [0.5, 0.6) is 0 Å². The quantitative estimate of drug-likeness (QED) is 0.730. The van der Waals surface area contributed by atoms with Crippen molar-refractivity contribution < 1.29 is 4.74 Å². The van der Waals surface area contributed by atoms with Gasteiger partial charge < -0.3 is 9.64 Å². The molecule has 0 unspecified atom stereocenters. The molecule has 0 amide bonds. The third kappa shape index (κ3) is 3.20. The van der Waals surface area contributed by atoms with Crippen molar-refractivity contribution in [3.63, 3.8) is 0 Å². The molecule has 1 heterocycles. The minimum absolute atomic E-state index is 0.276. The van der Waals surface area contributed by atoms with Gasteiger partial charge in [0.15, 0.2) is 0 Å². The lowest BCUT2D eigenvalue weighted by atomic mass is 9.77. The second kappa shape index (κ2) is 6.48. The highest BCUT2D eigenvalue weighted by Gasteiger charge is 2.31. The first-order chi connectivity index (χ1) is 9.49. The molecule has 0 saturated heterocycles. The topological polar surface area (TPSA) is 12.5 Å². The number of fused-ring (bicyclic) bond motifs is 1. The highest BCUT2D eigenvalue weighted by atomic mass is 79.9. The minimum Gasteiger partial charge on any atom is -0.385 e. The van der Waals surface area contributed by atoms with Crippen molar-refractivity contribution in [3.8, 4) is 0 Å². The minimum atomic E-state index is 0.276. The Morgan fingerprint density at radius 1 is 1.35 bits per heavy atom. The zero-order valence-corrected chi connectivity index (χ0v) is 14.7.